The predicted octanol–water partition coefficient (Wildman–Crippen LogP) is 3.12. The molecule has 6 nitrogen and oxygen atoms in total. The van der Waals surface area contributed by atoms with E-state index in [1.165, 1.54) is 12.0 Å². The highest BCUT2D eigenvalue weighted by Gasteiger charge is 2.34. The van der Waals surface area contributed by atoms with Gasteiger partial charge in [-0.3, -0.25) is 4.99 Å². The van der Waals surface area contributed by atoms with Gasteiger partial charge in [-0.2, -0.15) is 0 Å². The molecule has 1 aromatic carbocycles. The van der Waals surface area contributed by atoms with Crippen LogP contribution in [0.2, 0.25) is 0 Å². The van der Waals surface area contributed by atoms with Gasteiger partial charge in [-0.25, -0.2) is 0 Å². The van der Waals surface area contributed by atoms with Crippen molar-refractivity contribution in [3.05, 3.63) is 29.8 Å². The van der Waals surface area contributed by atoms with E-state index in [-0.39, 0.29) is 5.41 Å². The van der Waals surface area contributed by atoms with E-state index in [1.807, 2.05) is 19.2 Å². The first-order chi connectivity index (χ1) is 13.7. The van der Waals surface area contributed by atoms with Gasteiger partial charge in [-0.1, -0.05) is 25.5 Å². The van der Waals surface area contributed by atoms with Crippen molar-refractivity contribution in [3.8, 4) is 5.75 Å². The predicted molar refractivity (Wildman–Crippen MR) is 114 cm³/mol. The van der Waals surface area contributed by atoms with Crippen molar-refractivity contribution in [2.45, 2.75) is 44.4 Å². The zero-order chi connectivity index (χ0) is 20.1. The summed E-state index contributed by atoms with van der Waals surface area (Å²) >= 11 is 0. The summed E-state index contributed by atoms with van der Waals surface area (Å²) in [6.07, 6.45) is 5.27. The van der Waals surface area contributed by atoms with Gasteiger partial charge in [-0.15, -0.1) is 0 Å². The molecule has 2 rings (SSSR count). The Labute approximate surface area is 170 Å². The average molecular weight is 392 g/mol. The quantitative estimate of drug-likeness (QED) is 0.345. The first-order valence-electron chi connectivity index (χ1n) is 10.5. The van der Waals surface area contributed by atoms with E-state index in [0.29, 0.717) is 0 Å². The number of hydrogen-bond acceptors (Lipinski definition) is 4. The second-order valence-corrected chi connectivity index (χ2v) is 7.29. The number of nitrogens with zero attached hydrogens (tertiary/aromatic N) is 1. The Hall–Kier alpha value is -1.79. The minimum Gasteiger partial charge on any atom is -0.497 e. The van der Waals surface area contributed by atoms with Crippen LogP contribution in [0.3, 0.4) is 0 Å². The zero-order valence-electron chi connectivity index (χ0n) is 17.8. The summed E-state index contributed by atoms with van der Waals surface area (Å²) in [5.74, 6) is 1.73. The second kappa shape index (κ2) is 12.6. The molecule has 28 heavy (non-hydrogen) atoms. The molecule has 6 heteroatoms. The van der Waals surface area contributed by atoms with Gasteiger partial charge in [0.15, 0.2) is 5.96 Å². The molecular formula is C22H37N3O3. The monoisotopic (exact) mass is 391 g/mol. The Balaban J connectivity index is 1.85. The topological polar surface area (TPSA) is 64.1 Å². The second-order valence-electron chi connectivity index (χ2n) is 7.29. The van der Waals surface area contributed by atoms with Crippen LogP contribution in [-0.4, -0.2) is 59.6 Å². The lowest BCUT2D eigenvalue weighted by Crippen LogP contribution is -2.48. The smallest absolute Gasteiger partial charge is 0.191 e. The molecule has 0 bridgehead atoms. The maximum absolute atomic E-state index is 5.63. The maximum atomic E-state index is 5.63. The number of methoxy groups -OCH3 is 1. The molecule has 0 atom stereocenters. The number of guanidine groups is 1. The van der Waals surface area contributed by atoms with Gasteiger partial charge in [0.25, 0.3) is 0 Å². The highest BCUT2D eigenvalue weighted by Crippen LogP contribution is 2.35. The van der Waals surface area contributed by atoms with E-state index in [2.05, 4.69) is 34.7 Å². The molecule has 0 amide bonds. The SMILES string of the molecule is CCCCOCCCNC(=NC)NCC1(c2ccc(OC)cc2)CCOCC1. The standard InChI is InChI=1S/C22H37N3O3/c1-4-5-14-27-15-6-13-24-21(23-2)25-18-22(11-16-28-17-12-22)19-7-9-20(26-3)10-8-19/h7-10H,4-6,11-18H2,1-3H3,(H2,23,24,25). The molecule has 0 aromatic heterocycles. The van der Waals surface area contributed by atoms with Crippen LogP contribution in [0, 0.1) is 0 Å². The summed E-state index contributed by atoms with van der Waals surface area (Å²) in [6.45, 7) is 7.08. The highest BCUT2D eigenvalue weighted by molar-refractivity contribution is 5.79. The number of ether oxygens (including phenoxy) is 3. The third-order valence-corrected chi connectivity index (χ3v) is 5.37. The van der Waals surface area contributed by atoms with Gasteiger partial charge in [0.05, 0.1) is 7.11 Å². The van der Waals surface area contributed by atoms with Crippen molar-refractivity contribution >= 4 is 5.96 Å². The van der Waals surface area contributed by atoms with E-state index in [9.17, 15) is 0 Å². The first kappa shape index (κ1) is 22.5. The molecule has 1 fully saturated rings. The number of hydrogen-bond donors (Lipinski definition) is 2. The van der Waals surface area contributed by atoms with Crippen LogP contribution in [0.25, 0.3) is 0 Å². The molecule has 2 N–H and O–H groups in total. The fourth-order valence-corrected chi connectivity index (χ4v) is 3.48. The Bertz CT molecular complexity index is 569. The summed E-state index contributed by atoms with van der Waals surface area (Å²) in [5.41, 5.74) is 1.37. The van der Waals surface area contributed by atoms with Crippen molar-refractivity contribution in [1.29, 1.82) is 0 Å². The van der Waals surface area contributed by atoms with Gasteiger partial charge >= 0.3 is 0 Å². The van der Waals surface area contributed by atoms with Crippen LogP contribution in [0.4, 0.5) is 0 Å². The number of nitrogens with one attached hydrogen (secondary N) is 2. The number of aliphatic imine (C=N–C) groups is 1. The van der Waals surface area contributed by atoms with Gasteiger partial charge < -0.3 is 24.8 Å². The van der Waals surface area contributed by atoms with Crippen LogP contribution in [0.15, 0.2) is 29.3 Å². The summed E-state index contributed by atoms with van der Waals surface area (Å²) in [7, 11) is 3.52. The fourth-order valence-electron chi connectivity index (χ4n) is 3.48. The molecular weight excluding hydrogens is 354 g/mol. The van der Waals surface area contributed by atoms with Gasteiger partial charge in [0.2, 0.25) is 0 Å². The van der Waals surface area contributed by atoms with E-state index in [1.54, 1.807) is 7.11 Å². The molecule has 1 aliphatic rings. The molecule has 0 unspecified atom stereocenters. The molecule has 0 saturated carbocycles. The third-order valence-electron chi connectivity index (χ3n) is 5.37. The van der Waals surface area contributed by atoms with Gasteiger partial charge in [0.1, 0.15) is 5.75 Å². The lowest BCUT2D eigenvalue weighted by Gasteiger charge is -2.38. The molecule has 0 radical (unpaired) electrons. The molecule has 0 spiro atoms. The minimum absolute atomic E-state index is 0.0470. The van der Waals surface area contributed by atoms with Crippen LogP contribution >= 0.6 is 0 Å². The van der Waals surface area contributed by atoms with Crippen molar-refractivity contribution in [2.24, 2.45) is 4.99 Å². The minimum atomic E-state index is 0.0470. The van der Waals surface area contributed by atoms with E-state index in [4.69, 9.17) is 14.2 Å². The summed E-state index contributed by atoms with van der Waals surface area (Å²) in [6, 6.07) is 8.43. The molecule has 1 heterocycles. The zero-order valence-corrected chi connectivity index (χ0v) is 17.8. The van der Waals surface area contributed by atoms with Crippen molar-refractivity contribution in [1.82, 2.24) is 10.6 Å². The fraction of sp³-hybridized carbons (Fsp3) is 0.682. The highest BCUT2D eigenvalue weighted by atomic mass is 16.5. The van der Waals surface area contributed by atoms with Gasteiger partial charge in [-0.05, 0) is 43.4 Å². The van der Waals surface area contributed by atoms with Crippen LogP contribution in [0.1, 0.15) is 44.6 Å². The van der Waals surface area contributed by atoms with Crippen molar-refractivity contribution in [3.63, 3.8) is 0 Å². The molecule has 158 valence electrons. The Kier molecular flexibility index (Phi) is 10.1. The largest absolute Gasteiger partial charge is 0.497 e. The number of rotatable bonds is 11. The van der Waals surface area contributed by atoms with Gasteiger partial charge in [0, 0.05) is 52.0 Å². The third kappa shape index (κ3) is 6.99. The van der Waals surface area contributed by atoms with Crippen LogP contribution < -0.4 is 15.4 Å². The molecule has 1 aromatic rings. The van der Waals surface area contributed by atoms with E-state index >= 15 is 0 Å². The molecule has 0 aliphatic carbocycles. The molecule has 1 saturated heterocycles. The number of unbranched alkanes of at least 4 members (excludes halogenated alkanes) is 1. The Morgan fingerprint density at radius 2 is 1.82 bits per heavy atom. The maximum Gasteiger partial charge on any atom is 0.191 e. The van der Waals surface area contributed by atoms with Crippen molar-refractivity contribution < 1.29 is 14.2 Å². The van der Waals surface area contributed by atoms with E-state index in [0.717, 1.165) is 76.9 Å². The Morgan fingerprint density at radius 3 is 2.46 bits per heavy atom. The summed E-state index contributed by atoms with van der Waals surface area (Å²) in [4.78, 5) is 4.37. The van der Waals surface area contributed by atoms with Crippen molar-refractivity contribution in [2.75, 3.05) is 53.7 Å². The van der Waals surface area contributed by atoms with Crippen LogP contribution in [-0.2, 0) is 14.9 Å². The summed E-state index contributed by atoms with van der Waals surface area (Å²) in [5, 5.41) is 6.92. The lowest BCUT2D eigenvalue weighted by molar-refractivity contribution is 0.0513. The van der Waals surface area contributed by atoms with Crippen LogP contribution in [0.5, 0.6) is 5.75 Å². The lowest BCUT2D eigenvalue weighted by atomic mass is 9.74. The first-order valence-corrected chi connectivity index (χ1v) is 10.5. The number of benzene rings is 1. The average Bonchev–Trinajstić information content (AvgIpc) is 2.76. The summed E-state index contributed by atoms with van der Waals surface area (Å²) < 4.78 is 16.6. The van der Waals surface area contributed by atoms with E-state index < -0.39 is 0 Å². The molecule has 1 aliphatic heterocycles. The normalized spacial score (nSPS) is 16.6. The Morgan fingerprint density at radius 1 is 1.11 bits per heavy atom.